The maximum absolute atomic E-state index is 11.4. The maximum atomic E-state index is 11.4. The van der Waals surface area contributed by atoms with Gasteiger partial charge in [-0.25, -0.2) is 4.79 Å². The number of anilines is 1. The van der Waals surface area contributed by atoms with Crippen LogP contribution in [-0.2, 0) is 4.74 Å². The number of methoxy groups -OCH3 is 1. The van der Waals surface area contributed by atoms with E-state index >= 15 is 0 Å². The van der Waals surface area contributed by atoms with E-state index in [1.807, 2.05) is 0 Å². The van der Waals surface area contributed by atoms with E-state index in [1.54, 1.807) is 18.2 Å². The number of carbonyl (C=O) groups is 1. The molecular formula is C13H17NO3. The summed E-state index contributed by atoms with van der Waals surface area (Å²) in [5.74, 6) is 0.209. The van der Waals surface area contributed by atoms with Crippen LogP contribution in [0.2, 0.25) is 0 Å². The first-order valence-corrected chi connectivity index (χ1v) is 5.85. The van der Waals surface area contributed by atoms with Gasteiger partial charge in [0, 0.05) is 0 Å². The number of hydrogen-bond donors (Lipinski definition) is 1. The summed E-state index contributed by atoms with van der Waals surface area (Å²) in [4.78, 5) is 11.4. The number of hydrogen-bond acceptors (Lipinski definition) is 4. The van der Waals surface area contributed by atoms with Crippen LogP contribution in [0.4, 0.5) is 5.69 Å². The van der Waals surface area contributed by atoms with E-state index in [1.165, 1.54) is 20.0 Å². The number of nitrogen functional groups attached to an aromatic ring is 1. The summed E-state index contributed by atoms with van der Waals surface area (Å²) >= 11 is 0. The van der Waals surface area contributed by atoms with Gasteiger partial charge in [0.15, 0.2) is 0 Å². The van der Waals surface area contributed by atoms with E-state index in [0.717, 1.165) is 12.8 Å². The fourth-order valence-corrected chi connectivity index (χ4v) is 2.07. The monoisotopic (exact) mass is 235 g/mol. The maximum Gasteiger partial charge on any atom is 0.337 e. The highest BCUT2D eigenvalue weighted by Crippen LogP contribution is 2.29. The molecule has 17 heavy (non-hydrogen) atoms. The lowest BCUT2D eigenvalue weighted by atomic mass is 10.2. The zero-order valence-electron chi connectivity index (χ0n) is 9.94. The van der Waals surface area contributed by atoms with Crippen LogP contribution in [0.1, 0.15) is 36.0 Å². The minimum atomic E-state index is -0.374. The van der Waals surface area contributed by atoms with E-state index in [-0.39, 0.29) is 12.1 Å². The van der Waals surface area contributed by atoms with Crippen molar-refractivity contribution in [2.75, 3.05) is 12.8 Å². The second-order valence-electron chi connectivity index (χ2n) is 4.27. The third-order valence-corrected chi connectivity index (χ3v) is 3.03. The first kappa shape index (κ1) is 11.8. The minimum Gasteiger partial charge on any atom is -0.488 e. The van der Waals surface area contributed by atoms with Crippen LogP contribution in [0.3, 0.4) is 0 Å². The van der Waals surface area contributed by atoms with Gasteiger partial charge in [-0.2, -0.15) is 0 Å². The van der Waals surface area contributed by atoms with E-state index in [2.05, 4.69) is 4.74 Å². The van der Waals surface area contributed by atoms with Crippen molar-refractivity contribution in [1.82, 2.24) is 0 Å². The van der Waals surface area contributed by atoms with Crippen LogP contribution in [0.25, 0.3) is 0 Å². The normalized spacial score (nSPS) is 15.8. The van der Waals surface area contributed by atoms with Crippen molar-refractivity contribution in [3.05, 3.63) is 23.8 Å². The van der Waals surface area contributed by atoms with Crippen molar-refractivity contribution in [2.24, 2.45) is 0 Å². The van der Waals surface area contributed by atoms with Gasteiger partial charge in [0.25, 0.3) is 0 Å². The molecule has 1 aromatic rings. The Balaban J connectivity index is 2.16. The molecule has 0 amide bonds. The van der Waals surface area contributed by atoms with Gasteiger partial charge in [0.1, 0.15) is 5.75 Å². The highest BCUT2D eigenvalue weighted by molar-refractivity contribution is 5.90. The second kappa shape index (κ2) is 5.08. The Hall–Kier alpha value is -1.71. The summed E-state index contributed by atoms with van der Waals surface area (Å²) in [7, 11) is 1.36. The standard InChI is InChI=1S/C13H17NO3/c1-16-13(15)9-6-7-11(14)12(8-9)17-10-4-2-3-5-10/h6-8,10H,2-5,14H2,1H3. The third kappa shape index (κ3) is 2.70. The van der Waals surface area contributed by atoms with Gasteiger partial charge in [-0.1, -0.05) is 0 Å². The minimum absolute atomic E-state index is 0.227. The molecule has 0 spiro atoms. The molecule has 1 aromatic carbocycles. The van der Waals surface area contributed by atoms with Gasteiger partial charge < -0.3 is 15.2 Å². The Morgan fingerprint density at radius 2 is 2.06 bits per heavy atom. The largest absolute Gasteiger partial charge is 0.488 e. The molecule has 1 fully saturated rings. The van der Waals surface area contributed by atoms with Crippen LogP contribution in [0.15, 0.2) is 18.2 Å². The van der Waals surface area contributed by atoms with Crippen LogP contribution < -0.4 is 10.5 Å². The van der Waals surface area contributed by atoms with Crippen molar-refractivity contribution < 1.29 is 14.3 Å². The SMILES string of the molecule is COC(=O)c1ccc(N)c(OC2CCCC2)c1. The number of rotatable bonds is 3. The summed E-state index contributed by atoms with van der Waals surface area (Å²) in [5, 5.41) is 0. The molecule has 1 aliphatic rings. The molecular weight excluding hydrogens is 218 g/mol. The smallest absolute Gasteiger partial charge is 0.337 e. The number of esters is 1. The van der Waals surface area contributed by atoms with Crippen LogP contribution in [0, 0.1) is 0 Å². The molecule has 92 valence electrons. The van der Waals surface area contributed by atoms with Crippen molar-refractivity contribution in [3.8, 4) is 5.75 Å². The molecule has 0 bridgehead atoms. The van der Waals surface area contributed by atoms with Crippen LogP contribution in [0.5, 0.6) is 5.75 Å². The van der Waals surface area contributed by atoms with Crippen LogP contribution in [-0.4, -0.2) is 19.2 Å². The lowest BCUT2D eigenvalue weighted by Crippen LogP contribution is -2.13. The van der Waals surface area contributed by atoms with Crippen LogP contribution >= 0.6 is 0 Å². The molecule has 4 heteroatoms. The van der Waals surface area contributed by atoms with Gasteiger partial charge in [-0.3, -0.25) is 0 Å². The molecule has 4 nitrogen and oxygen atoms in total. The average Bonchev–Trinajstić information content (AvgIpc) is 2.84. The second-order valence-corrected chi connectivity index (χ2v) is 4.27. The quantitative estimate of drug-likeness (QED) is 0.645. The van der Waals surface area contributed by atoms with Gasteiger partial charge in [0.05, 0.1) is 24.5 Å². The predicted molar refractivity (Wildman–Crippen MR) is 65.1 cm³/mol. The van der Waals surface area contributed by atoms with Crippen molar-refractivity contribution in [1.29, 1.82) is 0 Å². The van der Waals surface area contributed by atoms with Gasteiger partial charge in [-0.05, 0) is 43.9 Å². The first-order chi connectivity index (χ1) is 8.20. The van der Waals surface area contributed by atoms with Crippen molar-refractivity contribution in [3.63, 3.8) is 0 Å². The average molecular weight is 235 g/mol. The fourth-order valence-electron chi connectivity index (χ4n) is 2.07. The van der Waals surface area contributed by atoms with Gasteiger partial charge in [-0.15, -0.1) is 0 Å². The molecule has 0 unspecified atom stereocenters. The Morgan fingerprint density at radius 1 is 1.35 bits per heavy atom. The molecule has 1 aliphatic carbocycles. The molecule has 0 saturated heterocycles. The predicted octanol–water partition coefficient (Wildman–Crippen LogP) is 2.38. The lowest BCUT2D eigenvalue weighted by molar-refractivity contribution is 0.0600. The molecule has 1 saturated carbocycles. The molecule has 0 aromatic heterocycles. The van der Waals surface area contributed by atoms with Gasteiger partial charge in [0.2, 0.25) is 0 Å². The highest BCUT2D eigenvalue weighted by Gasteiger charge is 2.18. The number of benzene rings is 1. The fraction of sp³-hybridized carbons (Fsp3) is 0.462. The number of carbonyl (C=O) groups excluding carboxylic acids is 1. The Morgan fingerprint density at radius 3 is 2.71 bits per heavy atom. The molecule has 0 heterocycles. The van der Waals surface area contributed by atoms with E-state index in [9.17, 15) is 4.79 Å². The highest BCUT2D eigenvalue weighted by atomic mass is 16.5. The van der Waals surface area contributed by atoms with E-state index < -0.39 is 0 Å². The van der Waals surface area contributed by atoms with E-state index in [4.69, 9.17) is 10.5 Å². The third-order valence-electron chi connectivity index (χ3n) is 3.03. The molecule has 2 rings (SSSR count). The zero-order chi connectivity index (χ0) is 12.3. The summed E-state index contributed by atoms with van der Waals surface area (Å²) < 4.78 is 10.5. The number of ether oxygens (including phenoxy) is 2. The van der Waals surface area contributed by atoms with Crippen molar-refractivity contribution >= 4 is 11.7 Å². The molecule has 0 radical (unpaired) electrons. The molecule has 0 aliphatic heterocycles. The summed E-state index contributed by atoms with van der Waals surface area (Å²) in [6, 6.07) is 4.97. The van der Waals surface area contributed by atoms with Gasteiger partial charge >= 0.3 is 5.97 Å². The molecule has 0 atom stereocenters. The van der Waals surface area contributed by atoms with Crippen molar-refractivity contribution in [2.45, 2.75) is 31.8 Å². The summed E-state index contributed by atoms with van der Waals surface area (Å²) in [6.45, 7) is 0. The Bertz CT molecular complexity index is 411. The van der Waals surface area contributed by atoms with E-state index in [0.29, 0.717) is 17.0 Å². The summed E-state index contributed by atoms with van der Waals surface area (Å²) in [5.41, 5.74) is 6.86. The Labute approximate surface area is 101 Å². The number of nitrogens with two attached hydrogens (primary N) is 1. The summed E-state index contributed by atoms with van der Waals surface area (Å²) in [6.07, 6.45) is 4.73. The zero-order valence-corrected chi connectivity index (χ0v) is 9.94. The topological polar surface area (TPSA) is 61.5 Å². The lowest BCUT2D eigenvalue weighted by Gasteiger charge is -2.15. The Kier molecular flexibility index (Phi) is 3.52. The molecule has 2 N–H and O–H groups in total. The first-order valence-electron chi connectivity index (χ1n) is 5.85.